The molecule has 0 bridgehead atoms. The first-order valence-electron chi connectivity index (χ1n) is 14.4. The van der Waals surface area contributed by atoms with E-state index in [0.717, 1.165) is 0 Å². The lowest BCUT2D eigenvalue weighted by Crippen LogP contribution is -2.52. The first-order valence-corrected chi connectivity index (χ1v) is 14.4. The minimum Gasteiger partial charge on any atom is -0.444 e. The molecule has 0 spiro atoms. The number of anilines is 1. The summed E-state index contributed by atoms with van der Waals surface area (Å²) in [6.07, 6.45) is 0.0107. The highest BCUT2D eigenvalue weighted by molar-refractivity contribution is 6.06. The second-order valence-electron chi connectivity index (χ2n) is 11.3. The van der Waals surface area contributed by atoms with Crippen molar-refractivity contribution in [1.82, 2.24) is 15.1 Å². The van der Waals surface area contributed by atoms with Crippen molar-refractivity contribution in [3.05, 3.63) is 29.3 Å². The number of nitrogens with zero attached hydrogens (tertiary/aromatic N) is 2. The summed E-state index contributed by atoms with van der Waals surface area (Å²) in [6.45, 7) is 7.27. The maximum absolute atomic E-state index is 13.0. The Morgan fingerprint density at radius 2 is 1.79 bits per heavy atom. The zero-order chi connectivity index (χ0) is 31.6. The molecule has 1 fully saturated rings. The molecule has 1 aromatic rings. The average molecular weight is 606 g/mol. The predicted octanol–water partition coefficient (Wildman–Crippen LogP) is 1.02. The highest BCUT2D eigenvalue weighted by Gasteiger charge is 2.40. The van der Waals surface area contributed by atoms with Crippen molar-refractivity contribution in [1.29, 1.82) is 0 Å². The number of nitrogens with one attached hydrogen (secondary N) is 2. The predicted molar refractivity (Wildman–Crippen MR) is 155 cm³/mol. The standard InChI is InChI=1S/C29H43N5O9/c1-29(2,3)43-28(39)33(4)19(17-41-13-11-30)18-42-15-14-40-12-10-25(36)31-22-7-5-6-20-21(22)16-34(27(20)38)23-8-9-24(35)32-26(23)37/h5-7,19,23H,8-18,30H2,1-4H3,(H,31,36)(H,32,35,37). The van der Waals surface area contributed by atoms with Crippen LogP contribution in [0, 0.1) is 0 Å². The fourth-order valence-corrected chi connectivity index (χ4v) is 4.58. The van der Waals surface area contributed by atoms with Crippen LogP contribution >= 0.6 is 0 Å². The van der Waals surface area contributed by atoms with Crippen molar-refractivity contribution in [2.24, 2.45) is 5.73 Å². The van der Waals surface area contributed by atoms with E-state index in [-0.39, 0.29) is 76.6 Å². The van der Waals surface area contributed by atoms with E-state index in [1.165, 1.54) is 9.80 Å². The molecule has 0 aliphatic carbocycles. The maximum Gasteiger partial charge on any atom is 0.410 e. The Balaban J connectivity index is 1.40. The van der Waals surface area contributed by atoms with Crippen LogP contribution in [0.2, 0.25) is 0 Å². The third kappa shape index (κ3) is 9.99. The lowest BCUT2D eigenvalue weighted by molar-refractivity contribution is -0.137. The molecule has 2 unspecified atom stereocenters. The summed E-state index contributed by atoms with van der Waals surface area (Å²) in [5.74, 6) is -1.45. The molecular formula is C29H43N5O9. The van der Waals surface area contributed by atoms with Crippen molar-refractivity contribution in [2.45, 2.75) is 64.3 Å². The number of amides is 5. The van der Waals surface area contributed by atoms with Crippen LogP contribution in [-0.2, 0) is 39.9 Å². The van der Waals surface area contributed by atoms with Crippen molar-refractivity contribution in [2.75, 3.05) is 58.6 Å². The SMILES string of the molecule is CN(C(=O)OC(C)(C)C)C(COCCN)COCCOCCC(=O)Nc1cccc2c1CN(C1CCC(=O)NC1=O)C2=O. The number of ether oxygens (including phenoxy) is 4. The van der Waals surface area contributed by atoms with Gasteiger partial charge in [0, 0.05) is 43.4 Å². The first-order chi connectivity index (χ1) is 20.4. The van der Waals surface area contributed by atoms with Gasteiger partial charge in [-0.25, -0.2) is 4.79 Å². The Hall–Kier alpha value is -3.59. The molecule has 1 saturated heterocycles. The first kappa shape index (κ1) is 33.9. The lowest BCUT2D eigenvalue weighted by Gasteiger charge is -2.30. The van der Waals surface area contributed by atoms with Crippen LogP contribution in [0.5, 0.6) is 0 Å². The van der Waals surface area contributed by atoms with Gasteiger partial charge in [-0.15, -0.1) is 0 Å². The molecule has 14 heteroatoms. The molecule has 43 heavy (non-hydrogen) atoms. The van der Waals surface area contributed by atoms with E-state index >= 15 is 0 Å². The number of rotatable bonds is 15. The number of likely N-dealkylation sites (N-methyl/N-ethyl adjacent to an activating group) is 1. The van der Waals surface area contributed by atoms with Gasteiger partial charge < -0.3 is 39.8 Å². The van der Waals surface area contributed by atoms with Crippen LogP contribution in [0.3, 0.4) is 0 Å². The Morgan fingerprint density at radius 3 is 2.47 bits per heavy atom. The molecule has 3 rings (SSSR count). The Labute approximate surface area is 251 Å². The highest BCUT2D eigenvalue weighted by atomic mass is 16.6. The van der Waals surface area contributed by atoms with E-state index < -0.39 is 29.7 Å². The summed E-state index contributed by atoms with van der Waals surface area (Å²) in [5, 5.41) is 5.11. The third-order valence-electron chi connectivity index (χ3n) is 6.81. The molecule has 2 aliphatic rings. The largest absolute Gasteiger partial charge is 0.444 e. The summed E-state index contributed by atoms with van der Waals surface area (Å²) < 4.78 is 22.2. The van der Waals surface area contributed by atoms with E-state index in [4.69, 9.17) is 24.7 Å². The minimum atomic E-state index is -0.733. The van der Waals surface area contributed by atoms with Gasteiger partial charge in [-0.2, -0.15) is 0 Å². The summed E-state index contributed by atoms with van der Waals surface area (Å²) >= 11 is 0. The van der Waals surface area contributed by atoms with Gasteiger partial charge >= 0.3 is 6.09 Å². The van der Waals surface area contributed by atoms with Gasteiger partial charge in [0.1, 0.15) is 11.6 Å². The molecule has 2 heterocycles. The summed E-state index contributed by atoms with van der Waals surface area (Å²) in [7, 11) is 1.62. The van der Waals surface area contributed by atoms with Crippen LogP contribution in [0.15, 0.2) is 18.2 Å². The van der Waals surface area contributed by atoms with Gasteiger partial charge in [0.2, 0.25) is 17.7 Å². The molecule has 0 radical (unpaired) electrons. The average Bonchev–Trinajstić information content (AvgIpc) is 3.27. The summed E-state index contributed by atoms with van der Waals surface area (Å²) in [5.41, 5.74) is 6.39. The van der Waals surface area contributed by atoms with Crippen molar-refractivity contribution in [3.63, 3.8) is 0 Å². The van der Waals surface area contributed by atoms with E-state index in [9.17, 15) is 24.0 Å². The molecule has 4 N–H and O–H groups in total. The Morgan fingerprint density at radius 1 is 1.09 bits per heavy atom. The van der Waals surface area contributed by atoms with Gasteiger partial charge in [0.05, 0.1) is 52.1 Å². The third-order valence-corrected chi connectivity index (χ3v) is 6.81. The molecule has 0 saturated carbocycles. The fourth-order valence-electron chi connectivity index (χ4n) is 4.58. The van der Waals surface area contributed by atoms with Crippen LogP contribution in [-0.4, -0.2) is 110 Å². The molecular weight excluding hydrogens is 562 g/mol. The number of piperidine rings is 1. The zero-order valence-corrected chi connectivity index (χ0v) is 25.3. The minimum absolute atomic E-state index is 0.0748. The van der Waals surface area contributed by atoms with Gasteiger partial charge in [0.15, 0.2) is 0 Å². The lowest BCUT2D eigenvalue weighted by atomic mass is 10.0. The Bertz CT molecular complexity index is 1170. The number of imide groups is 1. The second-order valence-corrected chi connectivity index (χ2v) is 11.3. The zero-order valence-electron chi connectivity index (χ0n) is 25.3. The molecule has 2 aliphatic heterocycles. The number of benzene rings is 1. The van der Waals surface area contributed by atoms with E-state index in [0.29, 0.717) is 30.0 Å². The van der Waals surface area contributed by atoms with Gasteiger partial charge in [-0.3, -0.25) is 24.5 Å². The summed E-state index contributed by atoms with van der Waals surface area (Å²) in [6, 6.07) is 3.90. The topological polar surface area (TPSA) is 179 Å². The van der Waals surface area contributed by atoms with Crippen molar-refractivity contribution < 1.29 is 42.9 Å². The van der Waals surface area contributed by atoms with Crippen LogP contribution in [0.4, 0.5) is 10.5 Å². The molecule has 1 aromatic carbocycles. The number of carbonyl (C=O) groups is 5. The smallest absolute Gasteiger partial charge is 0.410 e. The molecule has 14 nitrogen and oxygen atoms in total. The second kappa shape index (κ2) is 15.8. The van der Waals surface area contributed by atoms with E-state index in [1.807, 2.05) is 0 Å². The Kier molecular flexibility index (Phi) is 12.4. The van der Waals surface area contributed by atoms with Crippen molar-refractivity contribution in [3.8, 4) is 0 Å². The highest BCUT2D eigenvalue weighted by Crippen LogP contribution is 2.32. The number of nitrogens with two attached hydrogens (primary N) is 1. The van der Waals surface area contributed by atoms with Crippen LogP contribution in [0.25, 0.3) is 0 Å². The van der Waals surface area contributed by atoms with E-state index in [2.05, 4.69) is 10.6 Å². The van der Waals surface area contributed by atoms with Crippen molar-refractivity contribution >= 4 is 35.4 Å². The van der Waals surface area contributed by atoms with Gasteiger partial charge in [-0.05, 0) is 39.3 Å². The summed E-state index contributed by atoms with van der Waals surface area (Å²) in [4.78, 5) is 64.7. The molecule has 5 amide bonds. The van der Waals surface area contributed by atoms with Gasteiger partial charge in [0.25, 0.3) is 5.91 Å². The van der Waals surface area contributed by atoms with Gasteiger partial charge in [-0.1, -0.05) is 6.07 Å². The normalized spacial score (nSPS) is 17.4. The fraction of sp³-hybridized carbons (Fsp3) is 0.621. The number of hydrogen-bond acceptors (Lipinski definition) is 10. The monoisotopic (exact) mass is 605 g/mol. The number of fused-ring (bicyclic) bond motifs is 1. The molecule has 0 aromatic heterocycles. The number of hydrogen-bond donors (Lipinski definition) is 3. The number of carbonyl (C=O) groups excluding carboxylic acids is 5. The maximum atomic E-state index is 13.0. The van der Waals surface area contributed by atoms with Crippen LogP contribution in [0.1, 0.15) is 56.0 Å². The molecule has 238 valence electrons. The van der Waals surface area contributed by atoms with E-state index in [1.54, 1.807) is 46.0 Å². The van der Waals surface area contributed by atoms with Crippen LogP contribution < -0.4 is 16.4 Å². The quantitative estimate of drug-likeness (QED) is 0.193. The molecule has 2 atom stereocenters.